The van der Waals surface area contributed by atoms with Crippen molar-refractivity contribution in [2.24, 2.45) is 17.3 Å². The molecule has 0 saturated carbocycles. The van der Waals surface area contributed by atoms with Crippen LogP contribution in [0.3, 0.4) is 0 Å². The van der Waals surface area contributed by atoms with E-state index in [2.05, 4.69) is 4.98 Å². The van der Waals surface area contributed by atoms with Crippen molar-refractivity contribution in [3.05, 3.63) is 42.1 Å². The largest absolute Gasteiger partial charge is 0.342 e. The molecule has 32 heavy (non-hydrogen) atoms. The highest BCUT2D eigenvalue weighted by atomic mass is 16.2. The molecule has 3 aliphatic rings. The molecule has 2 aromatic rings. The van der Waals surface area contributed by atoms with Gasteiger partial charge in [-0.1, -0.05) is 19.9 Å². The van der Waals surface area contributed by atoms with Crippen molar-refractivity contribution in [2.45, 2.75) is 26.7 Å². The van der Waals surface area contributed by atoms with Crippen LogP contribution in [-0.4, -0.2) is 76.7 Å². The molecule has 3 aliphatic heterocycles. The molecule has 3 fully saturated rings. The van der Waals surface area contributed by atoms with E-state index in [4.69, 9.17) is 0 Å². The summed E-state index contributed by atoms with van der Waals surface area (Å²) in [6.45, 7) is 7.18. The van der Waals surface area contributed by atoms with E-state index in [1.165, 1.54) is 0 Å². The van der Waals surface area contributed by atoms with Gasteiger partial charge < -0.3 is 14.7 Å². The first-order valence-electron chi connectivity index (χ1n) is 11.6. The van der Waals surface area contributed by atoms with E-state index < -0.39 is 5.41 Å². The number of amides is 3. The number of rotatable bonds is 3. The molecule has 2 atom stereocenters. The molecule has 3 saturated heterocycles. The Morgan fingerprint density at radius 1 is 1.00 bits per heavy atom. The molecule has 4 heterocycles. The molecule has 0 radical (unpaired) electrons. The minimum Gasteiger partial charge on any atom is -0.342 e. The Labute approximate surface area is 188 Å². The van der Waals surface area contributed by atoms with Crippen LogP contribution >= 0.6 is 0 Å². The van der Waals surface area contributed by atoms with E-state index in [9.17, 15) is 14.4 Å². The van der Waals surface area contributed by atoms with Crippen molar-refractivity contribution < 1.29 is 14.4 Å². The lowest BCUT2D eigenvalue weighted by atomic mass is 9.79. The quantitative estimate of drug-likeness (QED) is 0.744. The summed E-state index contributed by atoms with van der Waals surface area (Å²) in [5.74, 6) is 0.0338. The summed E-state index contributed by atoms with van der Waals surface area (Å²) in [7, 11) is 0. The molecular weight excluding hydrogens is 404 g/mol. The van der Waals surface area contributed by atoms with Crippen LogP contribution in [0.2, 0.25) is 0 Å². The predicted molar refractivity (Wildman–Crippen MR) is 121 cm³/mol. The molecule has 0 N–H and O–H groups in total. The third-order valence-corrected chi connectivity index (χ3v) is 7.37. The van der Waals surface area contributed by atoms with E-state index in [0.717, 1.165) is 36.8 Å². The summed E-state index contributed by atoms with van der Waals surface area (Å²) in [6, 6.07) is 9.37. The van der Waals surface area contributed by atoms with E-state index in [1.807, 2.05) is 58.9 Å². The van der Waals surface area contributed by atoms with Crippen LogP contribution < -0.4 is 0 Å². The average molecular weight is 435 g/mol. The lowest BCUT2D eigenvalue weighted by Gasteiger charge is -2.32. The second-order valence-corrected chi connectivity index (χ2v) is 9.82. The van der Waals surface area contributed by atoms with Crippen LogP contribution in [0.1, 0.15) is 37.0 Å². The van der Waals surface area contributed by atoms with Crippen molar-refractivity contribution >= 4 is 28.6 Å². The number of aromatic nitrogens is 1. The molecular formula is C25H30N4O3. The molecule has 7 nitrogen and oxygen atoms in total. The van der Waals surface area contributed by atoms with Gasteiger partial charge in [-0.05, 0) is 37.1 Å². The second-order valence-electron chi connectivity index (χ2n) is 9.82. The normalized spacial score (nSPS) is 25.1. The topological polar surface area (TPSA) is 73.8 Å². The van der Waals surface area contributed by atoms with Crippen molar-refractivity contribution in [2.75, 3.05) is 39.3 Å². The minimum absolute atomic E-state index is 0.0237. The maximum atomic E-state index is 13.7. The summed E-state index contributed by atoms with van der Waals surface area (Å²) >= 11 is 0. The fourth-order valence-corrected chi connectivity index (χ4v) is 5.68. The fourth-order valence-electron chi connectivity index (χ4n) is 5.68. The zero-order valence-electron chi connectivity index (χ0n) is 18.8. The third-order valence-electron chi connectivity index (χ3n) is 7.37. The van der Waals surface area contributed by atoms with Gasteiger partial charge in [-0.2, -0.15) is 0 Å². The van der Waals surface area contributed by atoms with Crippen molar-refractivity contribution in [1.29, 1.82) is 0 Å². The van der Waals surface area contributed by atoms with E-state index in [1.54, 1.807) is 6.20 Å². The van der Waals surface area contributed by atoms with E-state index >= 15 is 0 Å². The SMILES string of the molecule is CC(C)C(=O)N1C[C@H]2CN(C(=O)c3ccc4ncccc4c3)C[C@@]2(C(=O)N2CCCC2)C1. The van der Waals surface area contributed by atoms with Gasteiger partial charge in [0.05, 0.1) is 10.9 Å². The smallest absolute Gasteiger partial charge is 0.253 e. The Morgan fingerprint density at radius 3 is 2.47 bits per heavy atom. The molecule has 1 aromatic carbocycles. The number of pyridine rings is 1. The Kier molecular flexibility index (Phi) is 5.14. The van der Waals surface area contributed by atoms with Gasteiger partial charge in [-0.3, -0.25) is 19.4 Å². The summed E-state index contributed by atoms with van der Waals surface area (Å²) < 4.78 is 0. The summed E-state index contributed by atoms with van der Waals surface area (Å²) in [4.78, 5) is 49.8. The molecule has 5 rings (SSSR count). The highest BCUT2D eigenvalue weighted by Crippen LogP contribution is 2.45. The highest BCUT2D eigenvalue weighted by molar-refractivity contribution is 5.99. The molecule has 0 spiro atoms. The molecule has 0 bridgehead atoms. The van der Waals surface area contributed by atoms with Gasteiger partial charge in [-0.15, -0.1) is 0 Å². The van der Waals surface area contributed by atoms with Crippen LogP contribution in [0.4, 0.5) is 0 Å². The Hall–Kier alpha value is -2.96. The standard InChI is InChI=1S/C25H30N4O3/c1-17(2)22(30)28-13-20-14-29(16-25(20,15-28)24(32)27-10-3-4-11-27)23(31)19-7-8-21-18(12-19)6-5-9-26-21/h5-9,12,17,20H,3-4,10-11,13-16H2,1-2H3/t20-,25-/m0/s1. The van der Waals surface area contributed by atoms with Gasteiger partial charge in [-0.25, -0.2) is 0 Å². The Balaban J connectivity index is 1.43. The fraction of sp³-hybridized carbons (Fsp3) is 0.520. The van der Waals surface area contributed by atoms with Crippen LogP contribution in [0.25, 0.3) is 10.9 Å². The maximum Gasteiger partial charge on any atom is 0.253 e. The van der Waals surface area contributed by atoms with Gasteiger partial charge in [0.15, 0.2) is 0 Å². The number of fused-ring (bicyclic) bond motifs is 2. The van der Waals surface area contributed by atoms with Crippen LogP contribution in [-0.2, 0) is 9.59 Å². The molecule has 1 aromatic heterocycles. The number of carbonyl (C=O) groups excluding carboxylic acids is 3. The third kappa shape index (κ3) is 3.34. The maximum absolute atomic E-state index is 13.7. The number of hydrogen-bond acceptors (Lipinski definition) is 4. The molecule has 168 valence electrons. The highest BCUT2D eigenvalue weighted by Gasteiger charge is 2.60. The summed E-state index contributed by atoms with van der Waals surface area (Å²) in [5, 5.41) is 0.925. The number of nitrogens with zero attached hydrogens (tertiary/aromatic N) is 4. The lowest BCUT2D eigenvalue weighted by Crippen LogP contribution is -2.49. The Bertz CT molecular complexity index is 1080. The first-order chi connectivity index (χ1) is 15.4. The number of benzene rings is 1. The van der Waals surface area contributed by atoms with Gasteiger partial charge >= 0.3 is 0 Å². The summed E-state index contributed by atoms with van der Waals surface area (Å²) in [6.07, 6.45) is 3.78. The van der Waals surface area contributed by atoms with Gasteiger partial charge in [0, 0.05) is 68.3 Å². The van der Waals surface area contributed by atoms with E-state index in [0.29, 0.717) is 31.7 Å². The number of hydrogen-bond donors (Lipinski definition) is 0. The average Bonchev–Trinajstić information content (AvgIpc) is 3.52. The van der Waals surface area contributed by atoms with Crippen molar-refractivity contribution in [3.8, 4) is 0 Å². The molecule has 0 aliphatic carbocycles. The lowest BCUT2D eigenvalue weighted by molar-refractivity contribution is -0.141. The first-order valence-corrected chi connectivity index (χ1v) is 11.6. The van der Waals surface area contributed by atoms with Gasteiger partial charge in [0.25, 0.3) is 5.91 Å². The first kappa shape index (κ1) is 20.9. The van der Waals surface area contributed by atoms with Crippen molar-refractivity contribution in [3.63, 3.8) is 0 Å². The van der Waals surface area contributed by atoms with Crippen molar-refractivity contribution in [1.82, 2.24) is 19.7 Å². The molecule has 0 unspecified atom stereocenters. The van der Waals surface area contributed by atoms with Gasteiger partial charge in [0.1, 0.15) is 0 Å². The zero-order chi connectivity index (χ0) is 22.5. The number of likely N-dealkylation sites (tertiary alicyclic amines) is 3. The second kappa shape index (κ2) is 7.87. The van der Waals surface area contributed by atoms with Crippen LogP contribution in [0, 0.1) is 17.3 Å². The number of carbonyl (C=O) groups is 3. The molecule has 3 amide bonds. The van der Waals surface area contributed by atoms with E-state index in [-0.39, 0.29) is 29.6 Å². The van der Waals surface area contributed by atoms with Gasteiger partial charge in [0.2, 0.25) is 11.8 Å². The monoisotopic (exact) mass is 434 g/mol. The predicted octanol–water partition coefficient (Wildman–Crippen LogP) is 2.41. The van der Waals surface area contributed by atoms with Crippen LogP contribution in [0.5, 0.6) is 0 Å². The summed E-state index contributed by atoms with van der Waals surface area (Å²) in [5.41, 5.74) is 0.776. The Morgan fingerprint density at radius 2 is 1.72 bits per heavy atom. The minimum atomic E-state index is -0.692. The van der Waals surface area contributed by atoms with Crippen LogP contribution in [0.15, 0.2) is 36.5 Å². The zero-order valence-corrected chi connectivity index (χ0v) is 18.8. The molecule has 7 heteroatoms.